The molecule has 182 valence electrons. The molecule has 3 heterocycles. The number of hydrogen-bond donors (Lipinski definition) is 1. The number of likely N-dealkylation sites (tertiary alicyclic amines) is 2. The first kappa shape index (κ1) is 23.5. The molecule has 1 N–H and O–H groups in total. The lowest BCUT2D eigenvalue weighted by atomic mass is 10.0. The second kappa shape index (κ2) is 10.2. The summed E-state index contributed by atoms with van der Waals surface area (Å²) >= 11 is 1.37. The molecule has 0 unspecified atom stereocenters. The van der Waals surface area contributed by atoms with E-state index in [0.717, 1.165) is 49.5 Å². The van der Waals surface area contributed by atoms with Gasteiger partial charge in [0, 0.05) is 37.3 Å². The van der Waals surface area contributed by atoms with Crippen LogP contribution in [0.5, 0.6) is 0 Å². The Labute approximate surface area is 207 Å². The van der Waals surface area contributed by atoms with Crippen LogP contribution < -0.4 is 5.32 Å². The molecular weight excluding hydrogens is 467 g/mol. The summed E-state index contributed by atoms with van der Waals surface area (Å²) < 4.78 is 13.3. The molecule has 0 saturated carbocycles. The predicted molar refractivity (Wildman–Crippen MR) is 134 cm³/mol. The molecule has 9 heteroatoms. The van der Waals surface area contributed by atoms with Gasteiger partial charge >= 0.3 is 0 Å². The van der Waals surface area contributed by atoms with Crippen molar-refractivity contribution in [2.45, 2.75) is 43.4 Å². The number of benzene rings is 2. The summed E-state index contributed by atoms with van der Waals surface area (Å²) in [6.45, 7) is 2.46. The summed E-state index contributed by atoms with van der Waals surface area (Å²) in [6, 6.07) is 13.0. The molecule has 2 atom stereocenters. The zero-order chi connectivity index (χ0) is 24.4. The summed E-state index contributed by atoms with van der Waals surface area (Å²) in [6.07, 6.45) is 3.98. The van der Waals surface area contributed by atoms with E-state index in [0.29, 0.717) is 17.8 Å². The quantitative estimate of drug-likeness (QED) is 0.673. The lowest BCUT2D eigenvalue weighted by molar-refractivity contribution is -0.121. The van der Waals surface area contributed by atoms with Gasteiger partial charge in [0.25, 0.3) is 11.8 Å². The largest absolute Gasteiger partial charge is 0.351 e. The Bertz CT molecular complexity index is 1150. The number of amidine groups is 1. The topological polar surface area (TPSA) is 82.1 Å². The molecule has 5 rings (SSSR count). The fourth-order valence-corrected chi connectivity index (χ4v) is 5.95. The molecule has 2 aromatic rings. The molecule has 2 fully saturated rings. The van der Waals surface area contributed by atoms with Gasteiger partial charge in [-0.25, -0.2) is 4.39 Å². The highest BCUT2D eigenvalue weighted by Crippen LogP contribution is 2.33. The van der Waals surface area contributed by atoms with Crippen molar-refractivity contribution in [3.8, 4) is 0 Å². The summed E-state index contributed by atoms with van der Waals surface area (Å²) in [5.74, 6) is -0.898. The lowest BCUT2D eigenvalue weighted by Gasteiger charge is -2.25. The molecule has 7 nitrogen and oxygen atoms in total. The minimum absolute atomic E-state index is 0.0537. The number of thioether (sulfide) groups is 1. The fraction of sp³-hybridized carbons (Fsp3) is 0.385. The number of carbonyl (C=O) groups is 3. The van der Waals surface area contributed by atoms with E-state index in [1.165, 1.54) is 23.9 Å². The number of nitrogens with one attached hydrogen (secondary N) is 1. The summed E-state index contributed by atoms with van der Waals surface area (Å²) in [5.41, 5.74) is 2.03. The first-order valence-electron chi connectivity index (χ1n) is 12.0. The van der Waals surface area contributed by atoms with Crippen LogP contribution in [-0.2, 0) is 9.59 Å². The average molecular weight is 495 g/mol. The van der Waals surface area contributed by atoms with Crippen LogP contribution in [0.15, 0.2) is 53.5 Å². The first-order valence-corrected chi connectivity index (χ1v) is 12.9. The van der Waals surface area contributed by atoms with E-state index in [2.05, 4.69) is 15.2 Å². The molecule has 35 heavy (non-hydrogen) atoms. The van der Waals surface area contributed by atoms with Gasteiger partial charge in [0.05, 0.1) is 6.04 Å². The smallest absolute Gasteiger partial charge is 0.262 e. The van der Waals surface area contributed by atoms with Crippen LogP contribution in [0.25, 0.3) is 0 Å². The summed E-state index contributed by atoms with van der Waals surface area (Å²) in [7, 11) is 0. The molecule has 0 aliphatic carbocycles. The average Bonchev–Trinajstić information content (AvgIpc) is 3.61. The third-order valence-corrected chi connectivity index (χ3v) is 7.87. The van der Waals surface area contributed by atoms with Gasteiger partial charge < -0.3 is 15.1 Å². The summed E-state index contributed by atoms with van der Waals surface area (Å²) in [5, 5.41) is 3.06. The zero-order valence-electron chi connectivity index (χ0n) is 19.3. The van der Waals surface area contributed by atoms with Crippen molar-refractivity contribution in [1.29, 1.82) is 0 Å². The number of aliphatic imine (C=N–C) groups is 1. The van der Waals surface area contributed by atoms with Crippen LogP contribution in [-0.4, -0.2) is 57.6 Å². The minimum Gasteiger partial charge on any atom is -0.351 e. The van der Waals surface area contributed by atoms with Gasteiger partial charge in [-0.2, -0.15) is 4.99 Å². The highest BCUT2D eigenvalue weighted by Gasteiger charge is 2.34. The SMILES string of the molecule is O=C(C[C@@H]1SC(N2CCCC2)=NC1=O)Nc1ccc(C(=O)N2CCC[C@H]2c2ccc(F)cc2)cc1. The van der Waals surface area contributed by atoms with Gasteiger partial charge in [0.1, 0.15) is 11.1 Å². The Morgan fingerprint density at radius 3 is 2.43 bits per heavy atom. The van der Waals surface area contributed by atoms with Crippen molar-refractivity contribution in [2.24, 2.45) is 4.99 Å². The van der Waals surface area contributed by atoms with Crippen molar-refractivity contribution >= 4 is 40.3 Å². The van der Waals surface area contributed by atoms with E-state index in [9.17, 15) is 18.8 Å². The molecule has 0 spiro atoms. The van der Waals surface area contributed by atoms with Gasteiger partial charge in [0.2, 0.25) is 5.91 Å². The van der Waals surface area contributed by atoms with Crippen molar-refractivity contribution < 1.29 is 18.8 Å². The third-order valence-electron chi connectivity index (χ3n) is 6.66. The van der Waals surface area contributed by atoms with Crippen molar-refractivity contribution in [1.82, 2.24) is 9.80 Å². The number of hydrogen-bond acceptors (Lipinski definition) is 5. The maximum absolute atomic E-state index is 13.3. The molecule has 3 amide bonds. The van der Waals surface area contributed by atoms with Crippen molar-refractivity contribution in [3.05, 3.63) is 65.5 Å². The van der Waals surface area contributed by atoms with E-state index in [4.69, 9.17) is 0 Å². The number of nitrogens with zero attached hydrogens (tertiary/aromatic N) is 3. The fourth-order valence-electron chi connectivity index (χ4n) is 4.84. The van der Waals surface area contributed by atoms with Crippen LogP contribution in [0.3, 0.4) is 0 Å². The highest BCUT2D eigenvalue weighted by atomic mass is 32.2. The van der Waals surface area contributed by atoms with E-state index in [1.54, 1.807) is 36.4 Å². The van der Waals surface area contributed by atoms with E-state index in [-0.39, 0.29) is 36.0 Å². The van der Waals surface area contributed by atoms with Crippen LogP contribution in [0.4, 0.5) is 10.1 Å². The molecule has 3 aliphatic heterocycles. The maximum atomic E-state index is 13.3. The number of halogens is 1. The van der Waals surface area contributed by atoms with Crippen molar-refractivity contribution in [2.75, 3.05) is 25.0 Å². The Balaban J connectivity index is 1.17. The normalized spacial score (nSPS) is 22.0. The van der Waals surface area contributed by atoms with Crippen LogP contribution in [0.1, 0.15) is 54.1 Å². The van der Waals surface area contributed by atoms with E-state index >= 15 is 0 Å². The second-order valence-electron chi connectivity index (χ2n) is 9.07. The number of carbonyl (C=O) groups excluding carboxylic acids is 3. The number of anilines is 1. The maximum Gasteiger partial charge on any atom is 0.262 e. The standard InChI is InChI=1S/C26H27FN4O3S/c27-19-9-5-17(6-10-19)21-4-3-15-31(21)25(34)18-7-11-20(12-8-18)28-23(32)16-22-24(33)29-26(35-22)30-13-1-2-14-30/h5-12,21-22H,1-4,13-16H2,(H,28,32)/t21-,22-/m0/s1. The van der Waals surface area contributed by atoms with E-state index in [1.807, 2.05) is 4.90 Å². The monoisotopic (exact) mass is 494 g/mol. The molecule has 0 radical (unpaired) electrons. The van der Waals surface area contributed by atoms with Gasteiger partial charge in [-0.3, -0.25) is 14.4 Å². The number of amides is 3. The number of rotatable bonds is 5. The van der Waals surface area contributed by atoms with Crippen LogP contribution in [0.2, 0.25) is 0 Å². The minimum atomic E-state index is -0.495. The highest BCUT2D eigenvalue weighted by molar-refractivity contribution is 8.15. The third kappa shape index (κ3) is 5.24. The molecule has 0 aromatic heterocycles. The first-order chi connectivity index (χ1) is 17.0. The Morgan fingerprint density at radius 1 is 1.00 bits per heavy atom. The lowest BCUT2D eigenvalue weighted by Crippen LogP contribution is -2.30. The molecule has 2 saturated heterocycles. The molecule has 2 aromatic carbocycles. The molecular formula is C26H27FN4O3S. The van der Waals surface area contributed by atoms with Crippen LogP contribution in [0, 0.1) is 5.82 Å². The predicted octanol–water partition coefficient (Wildman–Crippen LogP) is 4.23. The molecule has 3 aliphatic rings. The van der Waals surface area contributed by atoms with Crippen molar-refractivity contribution in [3.63, 3.8) is 0 Å². The second-order valence-corrected chi connectivity index (χ2v) is 10.2. The molecule has 0 bridgehead atoms. The van der Waals surface area contributed by atoms with Gasteiger partial charge in [-0.15, -0.1) is 0 Å². The Hall–Kier alpha value is -3.20. The van der Waals surface area contributed by atoms with Gasteiger partial charge in [-0.05, 0) is 67.6 Å². The van der Waals surface area contributed by atoms with Crippen LogP contribution >= 0.6 is 11.8 Å². The van der Waals surface area contributed by atoms with Gasteiger partial charge in [0.15, 0.2) is 5.17 Å². The van der Waals surface area contributed by atoms with E-state index < -0.39 is 5.25 Å². The summed E-state index contributed by atoms with van der Waals surface area (Å²) in [4.78, 5) is 46.0. The Kier molecular flexibility index (Phi) is 6.86. The Morgan fingerprint density at radius 2 is 1.71 bits per heavy atom. The zero-order valence-corrected chi connectivity index (χ0v) is 20.1. The van der Waals surface area contributed by atoms with Gasteiger partial charge in [-0.1, -0.05) is 23.9 Å².